The fourth-order valence-corrected chi connectivity index (χ4v) is 3.25. The second kappa shape index (κ2) is 7.62. The number of hydrogen-bond donors (Lipinski definition) is 0. The molecule has 0 N–H and O–H groups in total. The molecule has 1 aliphatic heterocycles. The van der Waals surface area contributed by atoms with Crippen LogP contribution >= 0.6 is 0 Å². The Labute approximate surface area is 143 Å². The van der Waals surface area contributed by atoms with E-state index in [-0.39, 0.29) is 11.9 Å². The van der Waals surface area contributed by atoms with Gasteiger partial charge >= 0.3 is 5.97 Å². The first-order valence-corrected chi connectivity index (χ1v) is 8.66. The van der Waals surface area contributed by atoms with Gasteiger partial charge < -0.3 is 9.30 Å². The Bertz CT molecular complexity index is 687. The normalized spacial score (nSPS) is 16.2. The van der Waals surface area contributed by atoms with Gasteiger partial charge in [0.15, 0.2) is 0 Å². The zero-order valence-corrected chi connectivity index (χ0v) is 14.4. The molecule has 1 saturated heterocycles. The van der Waals surface area contributed by atoms with Crippen LogP contribution in [0.4, 0.5) is 0 Å². The van der Waals surface area contributed by atoms with Gasteiger partial charge in [-0.15, -0.1) is 0 Å². The Morgan fingerprint density at radius 2 is 2.04 bits per heavy atom. The van der Waals surface area contributed by atoms with Gasteiger partial charge in [-0.2, -0.15) is 0 Å². The van der Waals surface area contributed by atoms with Crippen LogP contribution in [0.25, 0.3) is 5.82 Å². The molecule has 2 aromatic rings. The third-order valence-corrected chi connectivity index (χ3v) is 4.55. The van der Waals surface area contributed by atoms with Gasteiger partial charge in [-0.05, 0) is 64.0 Å². The summed E-state index contributed by atoms with van der Waals surface area (Å²) in [4.78, 5) is 18.8. The van der Waals surface area contributed by atoms with Crippen molar-refractivity contribution in [1.82, 2.24) is 14.5 Å². The van der Waals surface area contributed by atoms with Crippen LogP contribution in [0.15, 0.2) is 36.5 Å². The number of aryl methyl sites for hydroxylation is 1. The van der Waals surface area contributed by atoms with Crippen molar-refractivity contribution in [3.05, 3.63) is 47.9 Å². The van der Waals surface area contributed by atoms with E-state index in [4.69, 9.17) is 4.74 Å². The van der Waals surface area contributed by atoms with E-state index in [2.05, 4.69) is 32.8 Å². The van der Waals surface area contributed by atoms with Gasteiger partial charge in [0.25, 0.3) is 0 Å². The summed E-state index contributed by atoms with van der Waals surface area (Å²) >= 11 is 0. The van der Waals surface area contributed by atoms with Gasteiger partial charge in [-0.3, -0.25) is 9.69 Å². The summed E-state index contributed by atoms with van der Waals surface area (Å²) in [7, 11) is 0. The highest BCUT2D eigenvalue weighted by Crippen LogP contribution is 2.21. The Balaban J connectivity index is 1.62. The van der Waals surface area contributed by atoms with Gasteiger partial charge in [-0.25, -0.2) is 4.98 Å². The summed E-state index contributed by atoms with van der Waals surface area (Å²) in [6.45, 7) is 7.06. The number of nitrogens with zero attached hydrogens (tertiary/aromatic N) is 3. The number of pyridine rings is 1. The number of carbonyl (C=O) groups is 1. The number of rotatable bonds is 5. The summed E-state index contributed by atoms with van der Waals surface area (Å²) in [6, 6.07) is 10.3. The zero-order chi connectivity index (χ0) is 16.9. The van der Waals surface area contributed by atoms with E-state index in [1.165, 1.54) is 5.69 Å². The van der Waals surface area contributed by atoms with Crippen molar-refractivity contribution in [2.45, 2.75) is 33.2 Å². The monoisotopic (exact) mass is 327 g/mol. The van der Waals surface area contributed by atoms with Crippen LogP contribution in [0, 0.1) is 12.8 Å². The average Bonchev–Trinajstić information content (AvgIpc) is 3.04. The number of carbonyl (C=O) groups excluding carboxylic acids is 1. The molecule has 24 heavy (non-hydrogen) atoms. The highest BCUT2D eigenvalue weighted by Gasteiger charge is 2.26. The van der Waals surface area contributed by atoms with Gasteiger partial charge in [-0.1, -0.05) is 6.07 Å². The van der Waals surface area contributed by atoms with Crippen molar-refractivity contribution in [3.8, 4) is 5.82 Å². The molecule has 2 aromatic heterocycles. The first kappa shape index (κ1) is 16.7. The van der Waals surface area contributed by atoms with Crippen molar-refractivity contribution in [3.63, 3.8) is 0 Å². The molecule has 0 spiro atoms. The summed E-state index contributed by atoms with van der Waals surface area (Å²) in [5.41, 5.74) is 2.24. The third kappa shape index (κ3) is 3.85. The minimum Gasteiger partial charge on any atom is -0.466 e. The predicted molar refractivity (Wildman–Crippen MR) is 92.9 cm³/mol. The quantitative estimate of drug-likeness (QED) is 0.792. The number of likely N-dealkylation sites (tertiary alicyclic amines) is 1. The smallest absolute Gasteiger partial charge is 0.309 e. The molecule has 5 heteroatoms. The molecule has 1 fully saturated rings. The minimum atomic E-state index is -0.0375. The maximum absolute atomic E-state index is 11.8. The van der Waals surface area contributed by atoms with Crippen molar-refractivity contribution >= 4 is 5.97 Å². The molecule has 0 aromatic carbocycles. The van der Waals surface area contributed by atoms with E-state index in [9.17, 15) is 4.79 Å². The number of aromatic nitrogens is 2. The molecule has 0 amide bonds. The molecule has 0 saturated carbocycles. The standard InChI is InChI=1S/C19H25N3O2/c1-3-24-19(23)16-9-12-21(13-10-16)14-17-7-5-11-22(17)18-8-4-6-15(2)20-18/h4-8,11,16H,3,9-10,12-14H2,1-2H3. The largest absolute Gasteiger partial charge is 0.466 e. The van der Waals surface area contributed by atoms with Gasteiger partial charge in [0.2, 0.25) is 0 Å². The SMILES string of the molecule is CCOC(=O)C1CCN(Cc2cccn2-c2cccc(C)n2)CC1. The molecular formula is C19H25N3O2. The lowest BCUT2D eigenvalue weighted by molar-refractivity contribution is -0.149. The maximum Gasteiger partial charge on any atom is 0.309 e. The molecule has 3 rings (SSSR count). The van der Waals surface area contributed by atoms with Crippen LogP contribution in [-0.2, 0) is 16.1 Å². The second-order valence-corrected chi connectivity index (χ2v) is 6.31. The van der Waals surface area contributed by atoms with Gasteiger partial charge in [0, 0.05) is 24.1 Å². The number of hydrogen-bond acceptors (Lipinski definition) is 4. The Morgan fingerprint density at radius 1 is 1.25 bits per heavy atom. The highest BCUT2D eigenvalue weighted by atomic mass is 16.5. The number of piperidine rings is 1. The zero-order valence-electron chi connectivity index (χ0n) is 14.4. The van der Waals surface area contributed by atoms with Crippen LogP contribution in [0.2, 0.25) is 0 Å². The first-order chi connectivity index (χ1) is 11.7. The van der Waals surface area contributed by atoms with Gasteiger partial charge in [0.1, 0.15) is 5.82 Å². The van der Waals surface area contributed by atoms with E-state index in [0.717, 1.165) is 44.0 Å². The van der Waals surface area contributed by atoms with E-state index in [0.29, 0.717) is 6.61 Å². The van der Waals surface area contributed by atoms with Crippen molar-refractivity contribution in [2.24, 2.45) is 5.92 Å². The predicted octanol–water partition coefficient (Wildman–Crippen LogP) is 2.96. The summed E-state index contributed by atoms with van der Waals surface area (Å²) < 4.78 is 7.28. The molecule has 5 nitrogen and oxygen atoms in total. The fraction of sp³-hybridized carbons (Fsp3) is 0.474. The third-order valence-electron chi connectivity index (χ3n) is 4.55. The molecule has 3 heterocycles. The Hall–Kier alpha value is -2.14. The molecule has 0 unspecified atom stereocenters. The molecule has 0 aliphatic carbocycles. The Kier molecular flexibility index (Phi) is 5.30. The van der Waals surface area contributed by atoms with Crippen LogP contribution in [0.1, 0.15) is 31.2 Å². The van der Waals surface area contributed by atoms with E-state index in [1.54, 1.807) is 0 Å². The molecule has 0 bridgehead atoms. The van der Waals surface area contributed by atoms with E-state index >= 15 is 0 Å². The first-order valence-electron chi connectivity index (χ1n) is 8.66. The maximum atomic E-state index is 11.8. The van der Waals surface area contributed by atoms with Gasteiger partial charge in [0.05, 0.1) is 12.5 Å². The molecule has 0 atom stereocenters. The van der Waals surface area contributed by atoms with Crippen molar-refractivity contribution < 1.29 is 9.53 Å². The molecule has 128 valence electrons. The van der Waals surface area contributed by atoms with Crippen molar-refractivity contribution in [2.75, 3.05) is 19.7 Å². The van der Waals surface area contributed by atoms with Crippen LogP contribution in [0.3, 0.4) is 0 Å². The topological polar surface area (TPSA) is 47.4 Å². The highest BCUT2D eigenvalue weighted by molar-refractivity contribution is 5.72. The van der Waals surface area contributed by atoms with Crippen LogP contribution in [0.5, 0.6) is 0 Å². The van der Waals surface area contributed by atoms with E-state index in [1.807, 2.05) is 32.0 Å². The Morgan fingerprint density at radius 3 is 2.75 bits per heavy atom. The molecular weight excluding hydrogens is 302 g/mol. The van der Waals surface area contributed by atoms with Crippen LogP contribution in [-0.4, -0.2) is 40.1 Å². The van der Waals surface area contributed by atoms with Crippen LogP contribution < -0.4 is 0 Å². The minimum absolute atomic E-state index is 0.0375. The lowest BCUT2D eigenvalue weighted by Crippen LogP contribution is -2.36. The lowest BCUT2D eigenvalue weighted by atomic mass is 9.97. The molecule has 0 radical (unpaired) electrons. The molecule has 1 aliphatic rings. The summed E-state index contributed by atoms with van der Waals surface area (Å²) in [5.74, 6) is 0.979. The number of esters is 1. The number of ether oxygens (including phenoxy) is 1. The summed E-state index contributed by atoms with van der Waals surface area (Å²) in [6.07, 6.45) is 3.81. The second-order valence-electron chi connectivity index (χ2n) is 6.31. The average molecular weight is 327 g/mol. The van der Waals surface area contributed by atoms with Crippen molar-refractivity contribution in [1.29, 1.82) is 0 Å². The fourth-order valence-electron chi connectivity index (χ4n) is 3.25. The van der Waals surface area contributed by atoms with E-state index < -0.39 is 0 Å². The summed E-state index contributed by atoms with van der Waals surface area (Å²) in [5, 5.41) is 0. The lowest BCUT2D eigenvalue weighted by Gasteiger charge is -2.30.